The number of hydrogen-bond acceptors (Lipinski definition) is 6. The summed E-state index contributed by atoms with van der Waals surface area (Å²) < 4.78 is 10.9. The molecular formula is C31H32N2O4. The molecule has 0 radical (unpaired) electrons. The maximum atomic E-state index is 13.7. The molecule has 3 aromatic carbocycles. The van der Waals surface area contributed by atoms with Crippen molar-refractivity contribution in [3.63, 3.8) is 0 Å². The second-order valence-corrected chi connectivity index (χ2v) is 9.57. The van der Waals surface area contributed by atoms with E-state index in [2.05, 4.69) is 34.1 Å². The number of allylic oxidation sites excluding steroid dienone is 1. The van der Waals surface area contributed by atoms with Crippen molar-refractivity contribution >= 4 is 11.6 Å². The van der Waals surface area contributed by atoms with Gasteiger partial charge in [-0.1, -0.05) is 66.7 Å². The molecule has 1 saturated heterocycles. The lowest BCUT2D eigenvalue weighted by molar-refractivity contribution is -0.124. The van der Waals surface area contributed by atoms with E-state index < -0.39 is 0 Å². The summed E-state index contributed by atoms with van der Waals surface area (Å²) in [6.45, 7) is 2.83. The molecule has 0 unspecified atom stereocenters. The summed E-state index contributed by atoms with van der Waals surface area (Å²) in [6, 6.07) is 25.9. The van der Waals surface area contributed by atoms with Crippen LogP contribution in [0.15, 0.2) is 90.3 Å². The molecular weight excluding hydrogens is 464 g/mol. The first kappa shape index (κ1) is 24.6. The van der Waals surface area contributed by atoms with E-state index >= 15 is 0 Å². The van der Waals surface area contributed by atoms with E-state index in [0.29, 0.717) is 30.2 Å². The van der Waals surface area contributed by atoms with E-state index in [4.69, 9.17) is 9.47 Å². The van der Waals surface area contributed by atoms with Crippen molar-refractivity contribution in [2.24, 2.45) is 0 Å². The number of nitrogens with zero attached hydrogens (tertiary/aromatic N) is 2. The molecule has 0 N–H and O–H groups in total. The average molecular weight is 497 g/mol. The van der Waals surface area contributed by atoms with Crippen molar-refractivity contribution < 1.29 is 19.1 Å². The van der Waals surface area contributed by atoms with Gasteiger partial charge in [0.2, 0.25) is 0 Å². The van der Waals surface area contributed by atoms with Gasteiger partial charge in [-0.15, -0.1) is 0 Å². The molecule has 0 atom stereocenters. The highest BCUT2D eigenvalue weighted by Gasteiger charge is 2.39. The fourth-order valence-corrected chi connectivity index (χ4v) is 5.39. The van der Waals surface area contributed by atoms with Crippen LogP contribution in [0, 0.1) is 0 Å². The Morgan fingerprint density at radius 2 is 1.27 bits per heavy atom. The van der Waals surface area contributed by atoms with Crippen LogP contribution in [-0.4, -0.2) is 48.7 Å². The highest BCUT2D eigenvalue weighted by Crippen LogP contribution is 2.40. The highest BCUT2D eigenvalue weighted by atomic mass is 16.5. The molecule has 5 rings (SSSR count). The quantitative estimate of drug-likeness (QED) is 0.341. The summed E-state index contributed by atoms with van der Waals surface area (Å²) in [5.41, 5.74) is 3.51. The SMILES string of the molecule is COc1ccc(C2CC(=O)C(=C3N(Cc4ccccc4)CCN3Cc3ccccc3)C(=O)C2)c(OC)c1. The van der Waals surface area contributed by atoms with Gasteiger partial charge >= 0.3 is 0 Å². The van der Waals surface area contributed by atoms with E-state index in [9.17, 15) is 9.59 Å². The predicted molar refractivity (Wildman–Crippen MR) is 142 cm³/mol. The molecule has 1 saturated carbocycles. The molecule has 6 nitrogen and oxygen atoms in total. The van der Waals surface area contributed by atoms with Crippen molar-refractivity contribution in [3.8, 4) is 11.5 Å². The molecule has 6 heteroatoms. The first-order chi connectivity index (χ1) is 18.1. The second-order valence-electron chi connectivity index (χ2n) is 9.57. The average Bonchev–Trinajstić information content (AvgIpc) is 3.30. The summed E-state index contributed by atoms with van der Waals surface area (Å²) in [5.74, 6) is 1.65. The Bertz CT molecular complexity index is 1230. The van der Waals surface area contributed by atoms with Crippen LogP contribution < -0.4 is 9.47 Å². The maximum Gasteiger partial charge on any atom is 0.170 e. The van der Waals surface area contributed by atoms with E-state index in [-0.39, 0.29) is 30.3 Å². The first-order valence-corrected chi connectivity index (χ1v) is 12.7. The Morgan fingerprint density at radius 3 is 1.76 bits per heavy atom. The third-order valence-electron chi connectivity index (χ3n) is 7.20. The number of carbonyl (C=O) groups is 2. The van der Waals surface area contributed by atoms with Crippen LogP contribution in [0.3, 0.4) is 0 Å². The van der Waals surface area contributed by atoms with Crippen LogP contribution in [0.1, 0.15) is 35.4 Å². The summed E-state index contributed by atoms with van der Waals surface area (Å²) in [7, 11) is 3.20. The third-order valence-corrected chi connectivity index (χ3v) is 7.20. The van der Waals surface area contributed by atoms with Gasteiger partial charge < -0.3 is 19.3 Å². The van der Waals surface area contributed by atoms with Gasteiger partial charge in [0, 0.05) is 51.0 Å². The monoisotopic (exact) mass is 496 g/mol. The molecule has 1 aliphatic carbocycles. The third kappa shape index (κ3) is 5.24. The Kier molecular flexibility index (Phi) is 7.26. The Balaban J connectivity index is 1.48. The molecule has 0 amide bonds. The topological polar surface area (TPSA) is 59.1 Å². The number of rotatable bonds is 7. The predicted octanol–water partition coefficient (Wildman–Crippen LogP) is 4.95. The molecule has 0 spiro atoms. The lowest BCUT2D eigenvalue weighted by Gasteiger charge is -2.31. The van der Waals surface area contributed by atoms with Gasteiger partial charge in [0.15, 0.2) is 11.6 Å². The van der Waals surface area contributed by atoms with E-state index in [1.165, 1.54) is 0 Å². The lowest BCUT2D eigenvalue weighted by Crippen LogP contribution is -2.33. The van der Waals surface area contributed by atoms with Crippen molar-refractivity contribution in [1.82, 2.24) is 9.80 Å². The molecule has 0 aromatic heterocycles. The second kappa shape index (κ2) is 10.9. The van der Waals surface area contributed by atoms with Gasteiger partial charge in [-0.05, 0) is 22.8 Å². The molecule has 2 aliphatic rings. The van der Waals surface area contributed by atoms with Gasteiger partial charge in [0.05, 0.1) is 14.2 Å². The fourth-order valence-electron chi connectivity index (χ4n) is 5.39. The van der Waals surface area contributed by atoms with Gasteiger partial charge in [-0.2, -0.15) is 0 Å². The van der Waals surface area contributed by atoms with Crippen molar-refractivity contribution in [2.75, 3.05) is 27.3 Å². The minimum atomic E-state index is -0.225. The molecule has 0 bridgehead atoms. The van der Waals surface area contributed by atoms with Crippen molar-refractivity contribution in [3.05, 3.63) is 107 Å². The van der Waals surface area contributed by atoms with Gasteiger partial charge in [-0.25, -0.2) is 0 Å². The Labute approximate surface area is 218 Å². The zero-order chi connectivity index (χ0) is 25.8. The normalized spacial score (nSPS) is 17.9. The summed E-state index contributed by atoms with van der Waals surface area (Å²) in [6.07, 6.45) is 0.539. The standard InChI is InChI=1S/C31H32N2O4/c1-36-25-13-14-26(29(19-25)37-2)24-17-27(34)30(28(35)18-24)31-32(20-22-9-5-3-6-10-22)15-16-33(31)21-23-11-7-4-8-12-23/h3-14,19,24H,15-18,20-21H2,1-2H3. The Hall–Kier alpha value is -4.06. The zero-order valence-corrected chi connectivity index (χ0v) is 21.4. The van der Waals surface area contributed by atoms with Gasteiger partial charge in [0.1, 0.15) is 22.9 Å². The number of ether oxygens (including phenoxy) is 2. The summed E-state index contributed by atoms with van der Waals surface area (Å²) >= 11 is 0. The molecule has 2 fully saturated rings. The van der Waals surface area contributed by atoms with Crippen LogP contribution in [0.5, 0.6) is 11.5 Å². The molecule has 190 valence electrons. The van der Waals surface area contributed by atoms with Crippen LogP contribution in [-0.2, 0) is 22.7 Å². The first-order valence-electron chi connectivity index (χ1n) is 12.7. The van der Waals surface area contributed by atoms with Crippen LogP contribution in [0.25, 0.3) is 0 Å². The summed E-state index contributed by atoms with van der Waals surface area (Å²) in [4.78, 5) is 31.8. The van der Waals surface area contributed by atoms with Gasteiger partial charge in [-0.3, -0.25) is 9.59 Å². The number of ketones is 2. The van der Waals surface area contributed by atoms with Crippen LogP contribution >= 0.6 is 0 Å². The van der Waals surface area contributed by atoms with Crippen LogP contribution in [0.2, 0.25) is 0 Å². The fraction of sp³-hybridized carbons (Fsp3) is 0.290. The van der Waals surface area contributed by atoms with Gasteiger partial charge in [0.25, 0.3) is 0 Å². The molecule has 37 heavy (non-hydrogen) atoms. The lowest BCUT2D eigenvalue weighted by atomic mass is 9.79. The minimum absolute atomic E-state index is 0.104. The number of hydrogen-bond donors (Lipinski definition) is 0. The maximum absolute atomic E-state index is 13.7. The zero-order valence-electron chi connectivity index (χ0n) is 21.4. The van der Waals surface area contributed by atoms with Crippen molar-refractivity contribution in [1.29, 1.82) is 0 Å². The highest BCUT2D eigenvalue weighted by molar-refractivity contribution is 6.22. The molecule has 1 aliphatic heterocycles. The summed E-state index contributed by atoms with van der Waals surface area (Å²) in [5, 5.41) is 0. The Morgan fingerprint density at radius 1 is 0.730 bits per heavy atom. The number of benzene rings is 3. The molecule has 1 heterocycles. The van der Waals surface area contributed by atoms with Crippen LogP contribution in [0.4, 0.5) is 0 Å². The number of carbonyl (C=O) groups excluding carboxylic acids is 2. The minimum Gasteiger partial charge on any atom is -0.497 e. The smallest absolute Gasteiger partial charge is 0.170 e. The van der Waals surface area contributed by atoms with E-state index in [1.807, 2.05) is 48.5 Å². The van der Waals surface area contributed by atoms with E-state index in [1.54, 1.807) is 20.3 Å². The number of methoxy groups -OCH3 is 2. The molecule has 3 aromatic rings. The van der Waals surface area contributed by atoms with Crippen molar-refractivity contribution in [2.45, 2.75) is 31.8 Å². The largest absolute Gasteiger partial charge is 0.497 e. The van der Waals surface area contributed by atoms with E-state index in [0.717, 1.165) is 35.6 Å². The number of Topliss-reactive ketones (excluding diaryl/α,β-unsaturated/α-hetero) is 2.